The maximum Gasteiger partial charge on any atom is 0.344 e. The van der Waals surface area contributed by atoms with Crippen molar-refractivity contribution in [2.45, 2.75) is 26.1 Å². The second-order valence-corrected chi connectivity index (χ2v) is 4.92. The van der Waals surface area contributed by atoms with Gasteiger partial charge in [-0.05, 0) is 48.7 Å². The zero-order chi connectivity index (χ0) is 15.4. The van der Waals surface area contributed by atoms with Crippen molar-refractivity contribution >= 4 is 5.97 Å². The average molecular weight is 286 g/mol. The van der Waals surface area contributed by atoms with Crippen LogP contribution < -0.4 is 4.74 Å². The molecule has 0 bridgehead atoms. The minimum absolute atomic E-state index is 0.510. The summed E-state index contributed by atoms with van der Waals surface area (Å²) in [6.45, 7) is 3.21. The number of carboxylic acid groups (broad SMARTS) is 1. The second kappa shape index (κ2) is 6.41. The highest BCUT2D eigenvalue weighted by Gasteiger charge is 2.12. The molecule has 2 aromatic carbocycles. The highest BCUT2D eigenvalue weighted by Crippen LogP contribution is 2.25. The first-order valence-corrected chi connectivity index (χ1v) is 6.75. The van der Waals surface area contributed by atoms with Crippen LogP contribution in [-0.4, -0.2) is 22.3 Å². The Morgan fingerprint density at radius 2 is 1.71 bits per heavy atom. The van der Waals surface area contributed by atoms with E-state index in [1.807, 2.05) is 36.4 Å². The van der Waals surface area contributed by atoms with Gasteiger partial charge in [0, 0.05) is 0 Å². The Kier molecular flexibility index (Phi) is 4.60. The fourth-order valence-corrected chi connectivity index (χ4v) is 1.96. The number of aliphatic carboxylic acids is 1. The quantitative estimate of drug-likeness (QED) is 0.885. The van der Waals surface area contributed by atoms with Gasteiger partial charge in [-0.25, -0.2) is 4.79 Å². The molecule has 0 aromatic heterocycles. The number of aliphatic hydroxyl groups is 1. The van der Waals surface area contributed by atoms with Gasteiger partial charge < -0.3 is 14.9 Å². The van der Waals surface area contributed by atoms with Crippen LogP contribution in [0.2, 0.25) is 0 Å². The summed E-state index contributed by atoms with van der Waals surface area (Å²) < 4.78 is 5.29. The SMILES string of the molecule is C[C@H](Oc1ccc(-c2cccc([C@@H](C)O)c2)cc1)C(=O)O. The summed E-state index contributed by atoms with van der Waals surface area (Å²) in [5.74, 6) is -0.482. The lowest BCUT2D eigenvalue weighted by atomic mass is 10.0. The third-order valence-electron chi connectivity index (χ3n) is 3.22. The van der Waals surface area contributed by atoms with Gasteiger partial charge in [0.2, 0.25) is 0 Å². The number of hydrogen-bond donors (Lipinski definition) is 2. The van der Waals surface area contributed by atoms with Gasteiger partial charge in [-0.2, -0.15) is 0 Å². The number of ether oxygens (including phenoxy) is 1. The zero-order valence-electron chi connectivity index (χ0n) is 12.0. The van der Waals surface area contributed by atoms with Crippen molar-refractivity contribution in [2.75, 3.05) is 0 Å². The molecule has 4 nitrogen and oxygen atoms in total. The summed E-state index contributed by atoms with van der Waals surface area (Å²) >= 11 is 0. The largest absolute Gasteiger partial charge is 0.479 e. The molecule has 2 atom stereocenters. The van der Waals surface area contributed by atoms with Crippen LogP contribution in [0.4, 0.5) is 0 Å². The van der Waals surface area contributed by atoms with E-state index in [0.717, 1.165) is 16.7 Å². The highest BCUT2D eigenvalue weighted by atomic mass is 16.5. The lowest BCUT2D eigenvalue weighted by Gasteiger charge is -2.11. The second-order valence-electron chi connectivity index (χ2n) is 4.92. The summed E-state index contributed by atoms with van der Waals surface area (Å²) in [7, 11) is 0. The summed E-state index contributed by atoms with van der Waals surface area (Å²) in [6.07, 6.45) is -1.39. The first kappa shape index (κ1) is 15.1. The van der Waals surface area contributed by atoms with Crippen molar-refractivity contribution < 1.29 is 19.7 Å². The first-order chi connectivity index (χ1) is 9.97. The van der Waals surface area contributed by atoms with Gasteiger partial charge in [-0.15, -0.1) is 0 Å². The minimum Gasteiger partial charge on any atom is -0.479 e. The fraction of sp³-hybridized carbons (Fsp3) is 0.235. The van der Waals surface area contributed by atoms with Crippen molar-refractivity contribution in [1.29, 1.82) is 0 Å². The number of carboxylic acids is 1. The molecule has 0 heterocycles. The predicted molar refractivity (Wildman–Crippen MR) is 80.2 cm³/mol. The van der Waals surface area contributed by atoms with Gasteiger partial charge in [-0.3, -0.25) is 0 Å². The van der Waals surface area contributed by atoms with Gasteiger partial charge in [0.15, 0.2) is 6.10 Å². The van der Waals surface area contributed by atoms with E-state index in [1.165, 1.54) is 6.92 Å². The van der Waals surface area contributed by atoms with Crippen molar-refractivity contribution in [3.63, 3.8) is 0 Å². The molecule has 2 N–H and O–H groups in total. The van der Waals surface area contributed by atoms with Crippen molar-refractivity contribution in [2.24, 2.45) is 0 Å². The molecule has 21 heavy (non-hydrogen) atoms. The predicted octanol–water partition coefficient (Wildman–Crippen LogP) is 3.26. The molecule has 0 fully saturated rings. The Balaban J connectivity index is 2.19. The third kappa shape index (κ3) is 3.83. The summed E-state index contributed by atoms with van der Waals surface area (Å²) in [4.78, 5) is 10.7. The van der Waals surface area contributed by atoms with Crippen LogP contribution >= 0.6 is 0 Å². The number of hydrogen-bond acceptors (Lipinski definition) is 3. The number of carbonyl (C=O) groups is 1. The molecule has 0 amide bonds. The molecule has 2 rings (SSSR count). The van der Waals surface area contributed by atoms with Crippen molar-refractivity contribution in [3.05, 3.63) is 54.1 Å². The van der Waals surface area contributed by atoms with Gasteiger partial charge in [0.05, 0.1) is 6.10 Å². The van der Waals surface area contributed by atoms with Gasteiger partial charge >= 0.3 is 5.97 Å². The van der Waals surface area contributed by atoms with E-state index in [1.54, 1.807) is 19.1 Å². The number of rotatable bonds is 5. The van der Waals surface area contributed by atoms with Crippen LogP contribution in [0.3, 0.4) is 0 Å². The first-order valence-electron chi connectivity index (χ1n) is 6.75. The van der Waals surface area contributed by atoms with E-state index in [0.29, 0.717) is 5.75 Å². The Labute approximate surface area is 123 Å². The molecule has 0 aliphatic heterocycles. The Morgan fingerprint density at radius 3 is 2.29 bits per heavy atom. The minimum atomic E-state index is -0.997. The van der Waals surface area contributed by atoms with Crippen LogP contribution in [0.25, 0.3) is 11.1 Å². The van der Waals surface area contributed by atoms with Crippen LogP contribution in [0.5, 0.6) is 5.75 Å². The smallest absolute Gasteiger partial charge is 0.344 e. The van der Waals surface area contributed by atoms with E-state index in [2.05, 4.69) is 0 Å². The molecule has 0 saturated carbocycles. The number of benzene rings is 2. The molecule has 2 aromatic rings. The van der Waals surface area contributed by atoms with E-state index in [9.17, 15) is 9.90 Å². The van der Waals surface area contributed by atoms with Gasteiger partial charge in [0.1, 0.15) is 5.75 Å². The van der Waals surface area contributed by atoms with Crippen LogP contribution in [0.15, 0.2) is 48.5 Å². The summed E-state index contributed by atoms with van der Waals surface area (Å²) in [5, 5.41) is 18.4. The topological polar surface area (TPSA) is 66.8 Å². The Bertz CT molecular complexity index is 617. The fourth-order valence-electron chi connectivity index (χ4n) is 1.96. The molecule has 0 saturated heterocycles. The van der Waals surface area contributed by atoms with E-state index in [-0.39, 0.29) is 0 Å². The molecule has 110 valence electrons. The molecule has 4 heteroatoms. The highest BCUT2D eigenvalue weighted by molar-refractivity contribution is 5.72. The third-order valence-corrected chi connectivity index (χ3v) is 3.22. The molecule has 0 aliphatic rings. The molecule has 0 radical (unpaired) electrons. The zero-order valence-corrected chi connectivity index (χ0v) is 12.0. The van der Waals surface area contributed by atoms with Crippen LogP contribution in [-0.2, 0) is 4.79 Å². The molecular formula is C17H18O4. The lowest BCUT2D eigenvalue weighted by Crippen LogP contribution is -2.22. The number of aliphatic hydroxyl groups excluding tert-OH is 1. The molecule has 0 unspecified atom stereocenters. The van der Waals surface area contributed by atoms with Crippen LogP contribution in [0, 0.1) is 0 Å². The maximum atomic E-state index is 10.7. The standard InChI is InChI=1S/C17H18O4/c1-11(18)14-4-3-5-15(10-14)13-6-8-16(9-7-13)21-12(2)17(19)20/h3-12,18H,1-2H3,(H,19,20)/t11-,12+/m1/s1. The Morgan fingerprint density at radius 1 is 1.05 bits per heavy atom. The Hall–Kier alpha value is -2.33. The average Bonchev–Trinajstić information content (AvgIpc) is 2.48. The monoisotopic (exact) mass is 286 g/mol. The molecular weight excluding hydrogens is 268 g/mol. The van der Waals surface area contributed by atoms with Crippen molar-refractivity contribution in [3.8, 4) is 16.9 Å². The molecule has 0 aliphatic carbocycles. The van der Waals surface area contributed by atoms with Gasteiger partial charge in [-0.1, -0.05) is 30.3 Å². The normalized spacial score (nSPS) is 13.5. The van der Waals surface area contributed by atoms with Crippen molar-refractivity contribution in [1.82, 2.24) is 0 Å². The maximum absolute atomic E-state index is 10.7. The van der Waals surface area contributed by atoms with E-state index >= 15 is 0 Å². The summed E-state index contributed by atoms with van der Waals surface area (Å²) in [5.41, 5.74) is 2.83. The lowest BCUT2D eigenvalue weighted by molar-refractivity contribution is -0.144. The van der Waals surface area contributed by atoms with Crippen LogP contribution in [0.1, 0.15) is 25.5 Å². The molecule has 0 spiro atoms. The summed E-state index contributed by atoms with van der Waals surface area (Å²) in [6, 6.07) is 14.9. The van der Waals surface area contributed by atoms with E-state index < -0.39 is 18.2 Å². The van der Waals surface area contributed by atoms with E-state index in [4.69, 9.17) is 9.84 Å². The van der Waals surface area contributed by atoms with Gasteiger partial charge in [0.25, 0.3) is 0 Å².